The molecule has 5 nitrogen and oxygen atoms in total. The highest BCUT2D eigenvalue weighted by Gasteiger charge is 2.35. The fraction of sp³-hybridized carbons (Fsp3) is 0.650. The van der Waals surface area contributed by atoms with E-state index in [2.05, 4.69) is 22.5 Å². The Balaban J connectivity index is 0.00000364. The number of benzene rings is 1. The van der Waals surface area contributed by atoms with E-state index in [1.54, 1.807) is 19.2 Å². The molecule has 1 aliphatic rings. The highest BCUT2D eigenvalue weighted by molar-refractivity contribution is 14.0. The van der Waals surface area contributed by atoms with Crippen LogP contribution in [-0.2, 0) is 17.9 Å². The molecule has 1 saturated carbocycles. The SMILES string of the molecule is CCNC(=NCc1ccc(F)c(COC)c1)NCC1(C)CCCCC1O.I. The number of hydrogen-bond acceptors (Lipinski definition) is 3. The van der Waals surface area contributed by atoms with E-state index in [1.807, 2.05) is 6.92 Å². The fourth-order valence-electron chi connectivity index (χ4n) is 3.38. The maximum absolute atomic E-state index is 13.7. The van der Waals surface area contributed by atoms with Crippen LogP contribution in [-0.4, -0.2) is 37.4 Å². The molecule has 1 aromatic rings. The quantitative estimate of drug-likeness (QED) is 0.309. The molecule has 1 fully saturated rings. The van der Waals surface area contributed by atoms with Crippen molar-refractivity contribution in [3.63, 3.8) is 0 Å². The summed E-state index contributed by atoms with van der Waals surface area (Å²) in [7, 11) is 1.55. The van der Waals surface area contributed by atoms with E-state index in [0.29, 0.717) is 24.6 Å². The molecule has 27 heavy (non-hydrogen) atoms. The number of nitrogens with zero attached hydrogens (tertiary/aromatic N) is 1. The number of aliphatic imine (C=N–C) groups is 1. The van der Waals surface area contributed by atoms with E-state index in [4.69, 9.17) is 4.74 Å². The zero-order chi connectivity index (χ0) is 19.0. The second kappa shape index (κ2) is 11.8. The summed E-state index contributed by atoms with van der Waals surface area (Å²) in [4.78, 5) is 4.60. The van der Waals surface area contributed by atoms with Crippen molar-refractivity contribution in [2.75, 3.05) is 20.2 Å². The Bertz CT molecular complexity index is 615. The molecule has 3 N–H and O–H groups in total. The molecule has 0 saturated heterocycles. The van der Waals surface area contributed by atoms with E-state index < -0.39 is 0 Å². The summed E-state index contributed by atoms with van der Waals surface area (Å²) in [6, 6.07) is 4.99. The average molecular weight is 493 g/mol. The molecule has 2 atom stereocenters. The number of nitrogens with one attached hydrogen (secondary N) is 2. The van der Waals surface area contributed by atoms with Gasteiger partial charge in [-0.15, -0.1) is 24.0 Å². The summed E-state index contributed by atoms with van der Waals surface area (Å²) < 4.78 is 18.7. The van der Waals surface area contributed by atoms with Crippen LogP contribution < -0.4 is 10.6 Å². The molecule has 0 heterocycles. The van der Waals surface area contributed by atoms with Gasteiger partial charge in [-0.05, 0) is 37.5 Å². The minimum atomic E-state index is -0.277. The Hall–Kier alpha value is -0.930. The van der Waals surface area contributed by atoms with Gasteiger partial charge in [0, 0.05) is 31.2 Å². The first kappa shape index (κ1) is 24.1. The van der Waals surface area contributed by atoms with E-state index in [-0.39, 0.29) is 47.9 Å². The predicted molar refractivity (Wildman–Crippen MR) is 118 cm³/mol. The number of methoxy groups -OCH3 is 1. The molecule has 1 aliphatic carbocycles. The smallest absolute Gasteiger partial charge is 0.191 e. The lowest BCUT2D eigenvalue weighted by Gasteiger charge is -2.38. The summed E-state index contributed by atoms with van der Waals surface area (Å²) in [5.41, 5.74) is 1.34. The van der Waals surface area contributed by atoms with Crippen molar-refractivity contribution in [1.29, 1.82) is 0 Å². The topological polar surface area (TPSA) is 65.9 Å². The first-order chi connectivity index (χ1) is 12.5. The fourth-order valence-corrected chi connectivity index (χ4v) is 3.38. The summed E-state index contributed by atoms with van der Waals surface area (Å²) in [5.74, 6) is 0.452. The first-order valence-corrected chi connectivity index (χ1v) is 9.45. The van der Waals surface area contributed by atoms with Crippen molar-refractivity contribution in [2.45, 2.75) is 58.8 Å². The molecule has 154 valence electrons. The van der Waals surface area contributed by atoms with Crippen molar-refractivity contribution in [3.8, 4) is 0 Å². The lowest BCUT2D eigenvalue weighted by atomic mass is 9.73. The van der Waals surface area contributed by atoms with Crippen LogP contribution in [0.15, 0.2) is 23.2 Å². The van der Waals surface area contributed by atoms with Crippen LogP contribution in [0, 0.1) is 11.2 Å². The molecular weight excluding hydrogens is 460 g/mol. The van der Waals surface area contributed by atoms with Crippen molar-refractivity contribution >= 4 is 29.9 Å². The molecule has 7 heteroatoms. The Morgan fingerprint density at radius 3 is 2.81 bits per heavy atom. The lowest BCUT2D eigenvalue weighted by molar-refractivity contribution is 0.00397. The van der Waals surface area contributed by atoms with Crippen LogP contribution in [0.2, 0.25) is 0 Å². The van der Waals surface area contributed by atoms with Gasteiger partial charge in [0.2, 0.25) is 0 Å². The largest absolute Gasteiger partial charge is 0.392 e. The van der Waals surface area contributed by atoms with E-state index in [1.165, 1.54) is 6.07 Å². The van der Waals surface area contributed by atoms with Gasteiger partial charge >= 0.3 is 0 Å². The Morgan fingerprint density at radius 2 is 2.15 bits per heavy atom. The van der Waals surface area contributed by atoms with Crippen LogP contribution in [0.1, 0.15) is 50.7 Å². The maximum atomic E-state index is 13.7. The molecule has 1 aromatic carbocycles. The van der Waals surface area contributed by atoms with Gasteiger partial charge in [-0.1, -0.05) is 25.8 Å². The van der Waals surface area contributed by atoms with Crippen LogP contribution in [0.25, 0.3) is 0 Å². The van der Waals surface area contributed by atoms with Gasteiger partial charge in [0.15, 0.2) is 5.96 Å². The highest BCUT2D eigenvalue weighted by Crippen LogP contribution is 2.35. The minimum absolute atomic E-state index is 0. The van der Waals surface area contributed by atoms with Crippen LogP contribution >= 0.6 is 24.0 Å². The van der Waals surface area contributed by atoms with Gasteiger partial charge in [-0.2, -0.15) is 0 Å². The zero-order valence-corrected chi connectivity index (χ0v) is 18.9. The third-order valence-electron chi connectivity index (χ3n) is 5.11. The Morgan fingerprint density at radius 1 is 1.37 bits per heavy atom. The normalized spacial score (nSPS) is 22.9. The Labute approximate surface area is 179 Å². The second-order valence-electron chi connectivity index (χ2n) is 7.32. The molecular formula is C20H33FIN3O2. The van der Waals surface area contributed by atoms with E-state index in [0.717, 1.165) is 37.8 Å². The number of hydrogen-bond donors (Lipinski definition) is 3. The summed E-state index contributed by atoms with van der Waals surface area (Å²) in [6.45, 7) is 6.28. The van der Waals surface area contributed by atoms with Gasteiger partial charge in [-0.3, -0.25) is 0 Å². The molecule has 0 aliphatic heterocycles. The maximum Gasteiger partial charge on any atom is 0.191 e. The molecule has 2 rings (SSSR count). The molecule has 0 amide bonds. The molecule has 0 aromatic heterocycles. The van der Waals surface area contributed by atoms with Gasteiger partial charge in [0.1, 0.15) is 5.82 Å². The number of halogens is 2. The average Bonchev–Trinajstić information content (AvgIpc) is 2.63. The number of guanidine groups is 1. The minimum Gasteiger partial charge on any atom is -0.392 e. The molecule has 0 spiro atoms. The van der Waals surface area contributed by atoms with Gasteiger partial charge in [0.05, 0.1) is 19.3 Å². The first-order valence-electron chi connectivity index (χ1n) is 9.45. The van der Waals surface area contributed by atoms with Crippen LogP contribution in [0.4, 0.5) is 4.39 Å². The number of aliphatic hydroxyl groups is 1. The summed E-state index contributed by atoms with van der Waals surface area (Å²) in [5, 5.41) is 16.9. The predicted octanol–water partition coefficient (Wildman–Crippen LogP) is 3.59. The third kappa shape index (κ3) is 7.19. The number of ether oxygens (including phenoxy) is 1. The third-order valence-corrected chi connectivity index (χ3v) is 5.11. The lowest BCUT2D eigenvalue weighted by Crippen LogP contribution is -2.48. The zero-order valence-electron chi connectivity index (χ0n) is 16.6. The molecule has 2 unspecified atom stereocenters. The van der Waals surface area contributed by atoms with Gasteiger partial charge < -0.3 is 20.5 Å². The second-order valence-corrected chi connectivity index (χ2v) is 7.32. The summed E-state index contributed by atoms with van der Waals surface area (Å²) >= 11 is 0. The van der Waals surface area contributed by atoms with Crippen molar-refractivity contribution in [1.82, 2.24) is 10.6 Å². The Kier molecular flexibility index (Phi) is 10.5. The number of aliphatic hydroxyl groups excluding tert-OH is 1. The monoisotopic (exact) mass is 493 g/mol. The number of rotatable bonds is 7. The highest BCUT2D eigenvalue weighted by atomic mass is 127. The summed E-state index contributed by atoms with van der Waals surface area (Å²) in [6.07, 6.45) is 3.85. The van der Waals surface area contributed by atoms with Crippen molar-refractivity contribution in [2.24, 2.45) is 10.4 Å². The standard InChI is InChI=1S/C20H32FN3O2.HI/c1-4-22-19(24-14-20(2)10-6-5-7-18(20)25)23-12-15-8-9-17(21)16(11-15)13-26-3;/h8-9,11,18,25H,4-7,10,12-14H2,1-3H3,(H2,22,23,24);1H. The van der Waals surface area contributed by atoms with Crippen LogP contribution in [0.5, 0.6) is 0 Å². The van der Waals surface area contributed by atoms with E-state index >= 15 is 0 Å². The molecule has 0 radical (unpaired) electrons. The van der Waals surface area contributed by atoms with Crippen molar-refractivity contribution in [3.05, 3.63) is 35.1 Å². The molecule has 0 bridgehead atoms. The van der Waals surface area contributed by atoms with E-state index in [9.17, 15) is 9.50 Å². The van der Waals surface area contributed by atoms with Gasteiger partial charge in [0.25, 0.3) is 0 Å². The van der Waals surface area contributed by atoms with Crippen LogP contribution in [0.3, 0.4) is 0 Å². The van der Waals surface area contributed by atoms with Crippen molar-refractivity contribution < 1.29 is 14.2 Å². The van der Waals surface area contributed by atoms with Gasteiger partial charge in [-0.25, -0.2) is 9.38 Å².